The molecule has 0 bridgehead atoms. The number of nitrogens with one attached hydrogen (secondary N) is 2. The van der Waals surface area contributed by atoms with Crippen LogP contribution in [0.5, 0.6) is 0 Å². The molecule has 0 aromatic heterocycles. The van der Waals surface area contributed by atoms with Crippen molar-refractivity contribution in [3.63, 3.8) is 0 Å². The number of rotatable bonds is 7. The van der Waals surface area contributed by atoms with Crippen molar-refractivity contribution >= 4 is 40.8 Å². The third kappa shape index (κ3) is 8.79. The van der Waals surface area contributed by atoms with Crippen molar-refractivity contribution in [3.8, 4) is 0 Å². The number of hydrogen-bond acceptors (Lipinski definition) is 2. The van der Waals surface area contributed by atoms with Crippen LogP contribution in [0.25, 0.3) is 5.83 Å². The van der Waals surface area contributed by atoms with Gasteiger partial charge in [0.15, 0.2) is 0 Å². The molecule has 4 nitrogen and oxygen atoms in total. The summed E-state index contributed by atoms with van der Waals surface area (Å²) >= 11 is 11.4. The first-order chi connectivity index (χ1) is 17.3. The van der Waals surface area contributed by atoms with Crippen LogP contribution in [-0.2, 0) is 11.0 Å². The Morgan fingerprint density at radius 3 is 2.03 bits per heavy atom. The van der Waals surface area contributed by atoms with E-state index in [4.69, 9.17) is 23.2 Å². The fraction of sp³-hybridized carbons (Fsp3) is 0.273. The zero-order valence-corrected chi connectivity index (χ0v) is 19.9. The van der Waals surface area contributed by atoms with E-state index in [-0.39, 0.29) is 22.2 Å². The minimum atomic E-state index is -5.31. The standard InChI is InChI=1S/C22H14Cl2F10N2O2/c23-15-4-2-10(6-16(15)24)13(21(29,30)31)7-17(25)11-1-3-12(14(5-11)22(32,33)34)19(38)35-8-18(37)36-9-20(26,27)28/h1-7,13H,8-9H2,(H,35,38)(H,36,37)/b17-7-. The van der Waals surface area contributed by atoms with Crippen LogP contribution in [0.3, 0.4) is 0 Å². The topological polar surface area (TPSA) is 58.2 Å². The first-order valence-corrected chi connectivity index (χ1v) is 10.8. The molecule has 2 aromatic rings. The van der Waals surface area contributed by atoms with Crippen molar-refractivity contribution in [3.05, 3.63) is 74.8 Å². The molecule has 2 amide bonds. The van der Waals surface area contributed by atoms with Crippen molar-refractivity contribution in [1.29, 1.82) is 0 Å². The Bertz CT molecular complexity index is 1220. The molecule has 0 fully saturated rings. The Morgan fingerprint density at radius 1 is 0.868 bits per heavy atom. The Morgan fingerprint density at radius 2 is 1.50 bits per heavy atom. The maximum Gasteiger partial charge on any atom is 0.417 e. The van der Waals surface area contributed by atoms with Crippen molar-refractivity contribution < 1.29 is 53.5 Å². The SMILES string of the molecule is O=C(CNC(=O)c1ccc(/C(F)=C/C(c2ccc(Cl)c(Cl)c2)C(F)(F)F)cc1C(F)(F)F)NCC(F)(F)F. The lowest BCUT2D eigenvalue weighted by molar-refractivity contribution is -0.140. The van der Waals surface area contributed by atoms with Crippen LogP contribution in [0.2, 0.25) is 10.0 Å². The van der Waals surface area contributed by atoms with Gasteiger partial charge in [-0.15, -0.1) is 0 Å². The van der Waals surface area contributed by atoms with Gasteiger partial charge in [0, 0.05) is 5.56 Å². The molecule has 1 unspecified atom stereocenters. The third-order valence-electron chi connectivity index (χ3n) is 4.71. The molecule has 0 radical (unpaired) electrons. The van der Waals surface area contributed by atoms with Gasteiger partial charge < -0.3 is 10.6 Å². The van der Waals surface area contributed by atoms with Crippen LogP contribution >= 0.6 is 23.2 Å². The number of halogens is 12. The van der Waals surface area contributed by atoms with E-state index in [0.717, 1.165) is 18.2 Å². The van der Waals surface area contributed by atoms with Crippen molar-refractivity contribution in [2.75, 3.05) is 13.1 Å². The molecule has 2 rings (SSSR count). The lowest BCUT2D eigenvalue weighted by Crippen LogP contribution is -2.41. The highest BCUT2D eigenvalue weighted by Gasteiger charge is 2.41. The van der Waals surface area contributed by atoms with Gasteiger partial charge in [-0.2, -0.15) is 39.5 Å². The number of benzene rings is 2. The molecule has 2 aromatic carbocycles. The Kier molecular flexibility index (Phi) is 9.70. The predicted molar refractivity (Wildman–Crippen MR) is 117 cm³/mol. The summed E-state index contributed by atoms with van der Waals surface area (Å²) in [5.41, 5.74) is -4.46. The molecule has 38 heavy (non-hydrogen) atoms. The zero-order chi connectivity index (χ0) is 29.1. The van der Waals surface area contributed by atoms with E-state index in [9.17, 15) is 53.5 Å². The van der Waals surface area contributed by atoms with E-state index in [1.807, 2.05) is 0 Å². The molecule has 0 saturated heterocycles. The van der Waals surface area contributed by atoms with E-state index >= 15 is 0 Å². The van der Waals surface area contributed by atoms with E-state index < -0.39 is 77.4 Å². The number of hydrogen-bond donors (Lipinski definition) is 2. The van der Waals surface area contributed by atoms with Crippen molar-refractivity contribution in [2.24, 2.45) is 0 Å². The number of carbonyl (C=O) groups excluding carboxylic acids is 2. The first-order valence-electron chi connectivity index (χ1n) is 10.0. The maximum atomic E-state index is 14.8. The lowest BCUT2D eigenvalue weighted by atomic mass is 9.95. The summed E-state index contributed by atoms with van der Waals surface area (Å²) in [5, 5.41) is 2.69. The fourth-order valence-corrected chi connectivity index (χ4v) is 3.28. The molecular weight excluding hydrogens is 585 g/mol. The van der Waals surface area contributed by atoms with E-state index in [2.05, 4.69) is 0 Å². The smallest absolute Gasteiger partial charge is 0.345 e. The molecule has 0 aliphatic rings. The molecule has 0 aliphatic carbocycles. The number of amides is 2. The second-order valence-corrected chi connectivity index (χ2v) is 8.35. The number of allylic oxidation sites excluding steroid dienone is 1. The molecule has 208 valence electrons. The summed E-state index contributed by atoms with van der Waals surface area (Å²) in [4.78, 5) is 23.5. The number of carbonyl (C=O) groups is 2. The van der Waals surface area contributed by atoms with Gasteiger partial charge >= 0.3 is 18.5 Å². The van der Waals surface area contributed by atoms with Gasteiger partial charge in [0.2, 0.25) is 5.91 Å². The monoisotopic (exact) mass is 598 g/mol. The second-order valence-electron chi connectivity index (χ2n) is 7.54. The van der Waals surface area contributed by atoms with E-state index in [1.54, 1.807) is 5.32 Å². The fourth-order valence-electron chi connectivity index (χ4n) is 2.97. The number of alkyl halides is 9. The molecule has 0 spiro atoms. The molecule has 2 N–H and O–H groups in total. The van der Waals surface area contributed by atoms with Crippen LogP contribution in [0.1, 0.15) is 33.0 Å². The van der Waals surface area contributed by atoms with E-state index in [0.29, 0.717) is 12.1 Å². The summed E-state index contributed by atoms with van der Waals surface area (Å²) < 4.78 is 133. The summed E-state index contributed by atoms with van der Waals surface area (Å²) in [6.07, 6.45) is -15.2. The Hall–Kier alpha value is -3.00. The van der Waals surface area contributed by atoms with Gasteiger partial charge in [-0.05, 0) is 35.9 Å². The summed E-state index contributed by atoms with van der Waals surface area (Å²) in [7, 11) is 0. The van der Waals surface area contributed by atoms with Crippen LogP contribution in [-0.4, -0.2) is 37.3 Å². The highest BCUT2D eigenvalue weighted by molar-refractivity contribution is 6.42. The second kappa shape index (κ2) is 11.8. The average molecular weight is 599 g/mol. The summed E-state index contributed by atoms with van der Waals surface area (Å²) in [6.45, 7) is -2.88. The van der Waals surface area contributed by atoms with Crippen LogP contribution in [0.4, 0.5) is 43.9 Å². The van der Waals surface area contributed by atoms with Crippen LogP contribution in [0, 0.1) is 0 Å². The van der Waals surface area contributed by atoms with Crippen molar-refractivity contribution in [1.82, 2.24) is 10.6 Å². The normalized spacial score (nSPS) is 13.7. The van der Waals surface area contributed by atoms with Gasteiger partial charge in [0.25, 0.3) is 5.91 Å². The molecule has 0 aliphatic heterocycles. The predicted octanol–water partition coefficient (Wildman–Crippen LogP) is 7.08. The Balaban J connectivity index is 2.38. The molecular formula is C22H14Cl2F10N2O2. The molecule has 0 heterocycles. The average Bonchev–Trinajstić information content (AvgIpc) is 2.79. The van der Waals surface area contributed by atoms with Crippen LogP contribution in [0.15, 0.2) is 42.5 Å². The minimum Gasteiger partial charge on any atom is -0.345 e. The molecule has 0 saturated carbocycles. The molecule has 16 heteroatoms. The highest BCUT2D eigenvalue weighted by Crippen LogP contribution is 2.41. The zero-order valence-electron chi connectivity index (χ0n) is 18.4. The highest BCUT2D eigenvalue weighted by atomic mass is 35.5. The van der Waals surface area contributed by atoms with Crippen LogP contribution < -0.4 is 10.6 Å². The third-order valence-corrected chi connectivity index (χ3v) is 5.45. The maximum absolute atomic E-state index is 14.8. The van der Waals surface area contributed by atoms with E-state index in [1.165, 1.54) is 5.32 Å². The lowest BCUT2D eigenvalue weighted by Gasteiger charge is -2.19. The van der Waals surface area contributed by atoms with Gasteiger partial charge in [0.05, 0.1) is 27.7 Å². The van der Waals surface area contributed by atoms with Gasteiger partial charge in [-0.1, -0.05) is 35.3 Å². The quantitative estimate of drug-likeness (QED) is 0.335. The Labute approximate surface area is 217 Å². The summed E-state index contributed by atoms with van der Waals surface area (Å²) in [6, 6.07) is 3.83. The first kappa shape index (κ1) is 31.2. The summed E-state index contributed by atoms with van der Waals surface area (Å²) in [5.74, 6) is -7.28. The largest absolute Gasteiger partial charge is 0.417 e. The van der Waals surface area contributed by atoms with Gasteiger partial charge in [-0.25, -0.2) is 4.39 Å². The minimum absolute atomic E-state index is 0.0137. The van der Waals surface area contributed by atoms with Gasteiger partial charge in [-0.3, -0.25) is 9.59 Å². The molecule has 1 atom stereocenters. The van der Waals surface area contributed by atoms with Gasteiger partial charge in [0.1, 0.15) is 18.3 Å². The van der Waals surface area contributed by atoms with Crippen molar-refractivity contribution in [2.45, 2.75) is 24.4 Å².